The Labute approximate surface area is 125 Å². The number of hydrogen-bond acceptors (Lipinski definition) is 3. The standard InChI is InChI=1S/C14H14BrClN2O/c1-9(17)14(10-4-6-18-7-5-10)19-13-8-11(15)2-3-12(13)16/h2-9,14H,17H2,1H3. The van der Waals surface area contributed by atoms with Crippen LogP contribution in [0.4, 0.5) is 0 Å². The highest BCUT2D eigenvalue weighted by molar-refractivity contribution is 9.10. The molecule has 0 aliphatic rings. The fourth-order valence-electron chi connectivity index (χ4n) is 1.74. The second-order valence-electron chi connectivity index (χ2n) is 4.25. The van der Waals surface area contributed by atoms with Gasteiger partial charge in [-0.3, -0.25) is 4.98 Å². The normalized spacial score (nSPS) is 13.9. The highest BCUT2D eigenvalue weighted by Gasteiger charge is 2.19. The average molecular weight is 342 g/mol. The first kappa shape index (κ1) is 14.3. The summed E-state index contributed by atoms with van der Waals surface area (Å²) >= 11 is 9.53. The molecule has 2 N–H and O–H groups in total. The van der Waals surface area contributed by atoms with Gasteiger partial charge in [-0.2, -0.15) is 0 Å². The Morgan fingerprint density at radius 1 is 1.26 bits per heavy atom. The SMILES string of the molecule is CC(N)C(Oc1cc(Br)ccc1Cl)c1ccncc1. The summed E-state index contributed by atoms with van der Waals surface area (Å²) in [5.74, 6) is 0.607. The molecule has 2 aromatic rings. The Morgan fingerprint density at radius 3 is 2.58 bits per heavy atom. The van der Waals surface area contributed by atoms with Gasteiger partial charge in [-0.05, 0) is 42.8 Å². The number of nitrogens with zero attached hydrogens (tertiary/aromatic N) is 1. The molecule has 3 nitrogen and oxygen atoms in total. The van der Waals surface area contributed by atoms with Gasteiger partial charge in [0.2, 0.25) is 0 Å². The Hall–Kier alpha value is -1.10. The first-order valence-corrected chi connectivity index (χ1v) is 7.02. The van der Waals surface area contributed by atoms with E-state index < -0.39 is 0 Å². The smallest absolute Gasteiger partial charge is 0.140 e. The van der Waals surface area contributed by atoms with Gasteiger partial charge in [0.15, 0.2) is 0 Å². The van der Waals surface area contributed by atoms with E-state index in [1.54, 1.807) is 18.5 Å². The minimum absolute atomic E-state index is 0.169. The van der Waals surface area contributed by atoms with Crippen molar-refractivity contribution in [2.75, 3.05) is 0 Å². The summed E-state index contributed by atoms with van der Waals surface area (Å²) in [7, 11) is 0. The number of pyridine rings is 1. The van der Waals surface area contributed by atoms with Gasteiger partial charge >= 0.3 is 0 Å². The number of nitrogens with two attached hydrogens (primary N) is 1. The summed E-state index contributed by atoms with van der Waals surface area (Å²) in [6.45, 7) is 1.90. The predicted octanol–water partition coefficient (Wildman–Crippen LogP) is 3.96. The van der Waals surface area contributed by atoms with Crippen molar-refractivity contribution in [2.24, 2.45) is 5.73 Å². The maximum absolute atomic E-state index is 6.13. The van der Waals surface area contributed by atoms with Crippen molar-refractivity contribution in [3.05, 3.63) is 57.8 Å². The lowest BCUT2D eigenvalue weighted by atomic mass is 10.1. The van der Waals surface area contributed by atoms with E-state index in [0.29, 0.717) is 10.8 Å². The topological polar surface area (TPSA) is 48.1 Å². The molecule has 0 amide bonds. The first-order chi connectivity index (χ1) is 9.08. The van der Waals surface area contributed by atoms with Crippen LogP contribution in [0, 0.1) is 0 Å². The lowest BCUT2D eigenvalue weighted by Gasteiger charge is -2.23. The van der Waals surface area contributed by atoms with Gasteiger partial charge in [-0.1, -0.05) is 27.5 Å². The fourth-order valence-corrected chi connectivity index (χ4v) is 2.24. The molecule has 1 aromatic carbocycles. The van der Waals surface area contributed by atoms with Crippen molar-refractivity contribution in [3.63, 3.8) is 0 Å². The van der Waals surface area contributed by atoms with Gasteiger partial charge in [-0.25, -0.2) is 0 Å². The van der Waals surface area contributed by atoms with E-state index in [0.717, 1.165) is 10.0 Å². The largest absolute Gasteiger partial charge is 0.483 e. The van der Waals surface area contributed by atoms with E-state index >= 15 is 0 Å². The van der Waals surface area contributed by atoms with Crippen molar-refractivity contribution >= 4 is 27.5 Å². The fraction of sp³-hybridized carbons (Fsp3) is 0.214. The van der Waals surface area contributed by atoms with Crippen molar-refractivity contribution in [2.45, 2.75) is 19.1 Å². The zero-order valence-electron chi connectivity index (χ0n) is 10.4. The van der Waals surface area contributed by atoms with E-state index in [9.17, 15) is 0 Å². The van der Waals surface area contributed by atoms with E-state index in [1.165, 1.54) is 0 Å². The van der Waals surface area contributed by atoms with Crippen LogP contribution < -0.4 is 10.5 Å². The molecule has 2 atom stereocenters. The molecule has 19 heavy (non-hydrogen) atoms. The summed E-state index contributed by atoms with van der Waals surface area (Å²) < 4.78 is 6.87. The van der Waals surface area contributed by atoms with Gasteiger partial charge in [0.05, 0.1) is 5.02 Å². The molecule has 1 heterocycles. The van der Waals surface area contributed by atoms with Gasteiger partial charge in [-0.15, -0.1) is 0 Å². The van der Waals surface area contributed by atoms with Crippen LogP contribution in [-0.4, -0.2) is 11.0 Å². The molecular formula is C14H14BrClN2O. The highest BCUT2D eigenvalue weighted by atomic mass is 79.9. The van der Waals surface area contributed by atoms with Crippen LogP contribution in [-0.2, 0) is 0 Å². The van der Waals surface area contributed by atoms with E-state index in [-0.39, 0.29) is 12.1 Å². The lowest BCUT2D eigenvalue weighted by Crippen LogP contribution is -2.29. The van der Waals surface area contributed by atoms with Crippen LogP contribution in [0.5, 0.6) is 5.75 Å². The van der Waals surface area contributed by atoms with Crippen LogP contribution in [0.25, 0.3) is 0 Å². The molecule has 2 rings (SSSR count). The molecule has 0 radical (unpaired) electrons. The molecule has 1 aromatic heterocycles. The quantitative estimate of drug-likeness (QED) is 0.915. The number of hydrogen-bond donors (Lipinski definition) is 1. The van der Waals surface area contributed by atoms with Gasteiger partial charge < -0.3 is 10.5 Å². The lowest BCUT2D eigenvalue weighted by molar-refractivity contribution is 0.180. The number of rotatable bonds is 4. The molecule has 0 aliphatic carbocycles. The maximum atomic E-state index is 6.13. The molecule has 0 fully saturated rings. The minimum atomic E-state index is -0.269. The van der Waals surface area contributed by atoms with Gasteiger partial charge in [0.25, 0.3) is 0 Å². The Bertz CT molecular complexity index is 548. The number of halogens is 2. The predicted molar refractivity (Wildman–Crippen MR) is 80.4 cm³/mol. The minimum Gasteiger partial charge on any atom is -0.483 e. The molecule has 100 valence electrons. The van der Waals surface area contributed by atoms with Crippen LogP contribution in [0.1, 0.15) is 18.6 Å². The van der Waals surface area contributed by atoms with E-state index in [2.05, 4.69) is 20.9 Å². The summed E-state index contributed by atoms with van der Waals surface area (Å²) in [4.78, 5) is 4.00. The number of aromatic nitrogens is 1. The summed E-state index contributed by atoms with van der Waals surface area (Å²) in [6, 6.07) is 9.09. The molecule has 5 heteroatoms. The third kappa shape index (κ3) is 3.69. The second kappa shape index (κ2) is 6.37. The Balaban J connectivity index is 2.29. The highest BCUT2D eigenvalue weighted by Crippen LogP contribution is 2.32. The van der Waals surface area contributed by atoms with Gasteiger partial charge in [0, 0.05) is 22.9 Å². The molecule has 0 spiro atoms. The van der Waals surface area contributed by atoms with Gasteiger partial charge in [0.1, 0.15) is 11.9 Å². The maximum Gasteiger partial charge on any atom is 0.140 e. The summed E-state index contributed by atoms with van der Waals surface area (Å²) in [6.07, 6.45) is 3.17. The zero-order valence-corrected chi connectivity index (χ0v) is 12.7. The molecule has 0 aliphatic heterocycles. The van der Waals surface area contributed by atoms with Crippen molar-refractivity contribution in [3.8, 4) is 5.75 Å². The molecule has 0 saturated carbocycles. The Kier molecular flexibility index (Phi) is 4.80. The second-order valence-corrected chi connectivity index (χ2v) is 5.58. The molecular weight excluding hydrogens is 328 g/mol. The average Bonchev–Trinajstić information content (AvgIpc) is 2.40. The van der Waals surface area contributed by atoms with E-state index in [1.807, 2.05) is 31.2 Å². The van der Waals surface area contributed by atoms with Crippen molar-refractivity contribution in [1.29, 1.82) is 0 Å². The first-order valence-electron chi connectivity index (χ1n) is 5.85. The number of benzene rings is 1. The van der Waals surface area contributed by atoms with Crippen LogP contribution in [0.2, 0.25) is 5.02 Å². The number of ether oxygens (including phenoxy) is 1. The molecule has 2 unspecified atom stereocenters. The third-order valence-electron chi connectivity index (χ3n) is 2.66. The molecule has 0 saturated heterocycles. The summed E-state index contributed by atoms with van der Waals surface area (Å²) in [5.41, 5.74) is 6.98. The molecule has 0 bridgehead atoms. The zero-order chi connectivity index (χ0) is 13.8. The van der Waals surface area contributed by atoms with Crippen molar-refractivity contribution < 1.29 is 4.74 Å². The Morgan fingerprint density at radius 2 is 1.95 bits per heavy atom. The van der Waals surface area contributed by atoms with Crippen molar-refractivity contribution in [1.82, 2.24) is 4.98 Å². The third-order valence-corrected chi connectivity index (χ3v) is 3.46. The van der Waals surface area contributed by atoms with E-state index in [4.69, 9.17) is 22.1 Å². The van der Waals surface area contributed by atoms with Crippen LogP contribution in [0.15, 0.2) is 47.2 Å². The monoisotopic (exact) mass is 340 g/mol. The van der Waals surface area contributed by atoms with Crippen LogP contribution in [0.3, 0.4) is 0 Å². The summed E-state index contributed by atoms with van der Waals surface area (Å²) in [5, 5.41) is 0.558. The van der Waals surface area contributed by atoms with Crippen LogP contribution >= 0.6 is 27.5 Å².